The summed E-state index contributed by atoms with van der Waals surface area (Å²) in [5, 5.41) is 6.97. The lowest BCUT2D eigenvalue weighted by atomic mass is 9.82. The number of likely N-dealkylation sites (tertiary alicyclic amines) is 2. The Bertz CT molecular complexity index is 3130. The van der Waals surface area contributed by atoms with Crippen LogP contribution in [0.15, 0.2) is 54.2 Å². The van der Waals surface area contributed by atoms with Crippen molar-refractivity contribution in [2.75, 3.05) is 33.9 Å². The molecule has 3 fully saturated rings. The number of benzene rings is 2. The number of nitrogens with zero attached hydrogens (tertiary/aromatic N) is 6. The predicted molar refractivity (Wildman–Crippen MR) is 262 cm³/mol. The number of imidazole rings is 2. The summed E-state index contributed by atoms with van der Waals surface area (Å²) in [6.45, 7) is 8.90. The van der Waals surface area contributed by atoms with Gasteiger partial charge in [-0.2, -0.15) is 13.2 Å². The number of hydrogen-bond acceptors (Lipinski definition) is 12. The van der Waals surface area contributed by atoms with Crippen LogP contribution in [0.25, 0.3) is 44.7 Å². The summed E-state index contributed by atoms with van der Waals surface area (Å²) < 4.78 is 82.7. The van der Waals surface area contributed by atoms with Crippen molar-refractivity contribution in [2.24, 2.45) is 11.8 Å². The molecule has 23 heteroatoms. The van der Waals surface area contributed by atoms with Crippen molar-refractivity contribution in [1.29, 1.82) is 0 Å². The number of H-pyrrole nitrogens is 2. The van der Waals surface area contributed by atoms with Crippen molar-refractivity contribution in [3.8, 4) is 39.5 Å². The van der Waals surface area contributed by atoms with Crippen molar-refractivity contribution in [3.05, 3.63) is 82.3 Å². The Morgan fingerprint density at radius 2 is 1.51 bits per heavy atom. The van der Waals surface area contributed by atoms with E-state index in [1.54, 1.807) is 38.8 Å². The molecule has 4 N–H and O–H groups in total. The third kappa shape index (κ3) is 9.54. The Morgan fingerprint density at radius 1 is 0.865 bits per heavy atom. The van der Waals surface area contributed by atoms with Crippen molar-refractivity contribution >= 4 is 46.2 Å². The summed E-state index contributed by atoms with van der Waals surface area (Å²) in [5.74, 6) is -0.549. The van der Waals surface area contributed by atoms with Gasteiger partial charge in [0.15, 0.2) is 10.7 Å². The van der Waals surface area contributed by atoms with Crippen molar-refractivity contribution < 1.29 is 55.7 Å². The third-order valence-corrected chi connectivity index (χ3v) is 15.4. The monoisotopic (exact) mass is 1040 g/mol. The highest BCUT2D eigenvalue weighted by atomic mass is 32.1. The number of methoxy groups -OCH3 is 2. The first-order chi connectivity index (χ1) is 35.3. The molecule has 0 saturated carbocycles. The highest BCUT2D eigenvalue weighted by molar-refractivity contribution is 7.09. The lowest BCUT2D eigenvalue weighted by molar-refractivity contribution is -0.141. The number of aromatic nitrogens is 6. The molecule has 18 nitrogen and oxygen atoms in total. The van der Waals surface area contributed by atoms with E-state index in [9.17, 15) is 32.3 Å². The molecule has 3 saturated heterocycles. The van der Waals surface area contributed by atoms with E-state index < -0.39 is 65.9 Å². The lowest BCUT2D eigenvalue weighted by Crippen LogP contribution is -2.54. The second-order valence-electron chi connectivity index (χ2n) is 20.1. The van der Waals surface area contributed by atoms with Crippen molar-refractivity contribution in [3.63, 3.8) is 0 Å². The lowest BCUT2D eigenvalue weighted by Gasteiger charge is -2.40. The molecule has 4 aliphatic rings. The van der Waals surface area contributed by atoms with Crippen LogP contribution >= 0.6 is 11.3 Å². The second kappa shape index (κ2) is 19.7. The number of carbonyl (C=O) groups excluding carboxylic acids is 4. The molecule has 6 atom stereocenters. The van der Waals surface area contributed by atoms with Crippen LogP contribution in [0.1, 0.15) is 107 Å². The SMILES string of the molecule is COC(=O)N[C@H](C(=O)N1CCC[C@H]1c1ncc(-c2cc(F)c3c(c2)OC(c2nc(C(F)(F)F)cs2)n2c-3cc3cc(-c4cnc([C@@H]5CCCN5C(=O)[C@@H](NC(=O)OC)C5CCOC(C)(C)C5)[nH]4)ccc32)[nH]1)C(C)C. The fraction of sp³-hybridized carbons (Fsp3) is 0.471. The predicted octanol–water partition coefficient (Wildman–Crippen LogP) is 9.28. The number of ether oxygens (including phenoxy) is 4. The summed E-state index contributed by atoms with van der Waals surface area (Å²) >= 11 is 0.773. The molecule has 392 valence electrons. The molecule has 2 aromatic carbocycles. The zero-order valence-corrected chi connectivity index (χ0v) is 42.3. The number of hydrogen-bond donors (Lipinski definition) is 4. The molecule has 8 heterocycles. The number of carbonyl (C=O) groups is 4. The number of aromatic amines is 2. The number of nitrogens with one attached hydrogen (secondary N) is 4. The quantitative estimate of drug-likeness (QED) is 0.0899. The number of fused-ring (bicyclic) bond motifs is 5. The Labute approximate surface area is 426 Å². The maximum absolute atomic E-state index is 16.9. The van der Waals surface area contributed by atoms with Gasteiger partial charge in [0.2, 0.25) is 18.0 Å². The first-order valence-electron chi connectivity index (χ1n) is 24.5. The molecule has 0 radical (unpaired) electrons. The van der Waals surface area contributed by atoms with Crippen LogP contribution in [-0.4, -0.2) is 115 Å². The highest BCUT2D eigenvalue weighted by Gasteiger charge is 2.44. The van der Waals surface area contributed by atoms with E-state index in [1.165, 1.54) is 26.5 Å². The average Bonchev–Trinajstić information content (AvgIpc) is 4.23. The van der Waals surface area contributed by atoms with Crippen LogP contribution < -0.4 is 15.4 Å². The third-order valence-electron chi connectivity index (χ3n) is 14.5. The number of amides is 4. The van der Waals surface area contributed by atoms with Crippen LogP contribution in [0.2, 0.25) is 0 Å². The molecule has 10 rings (SSSR count). The first-order valence-corrected chi connectivity index (χ1v) is 25.4. The number of alkyl carbamates (subject to hydrolysis) is 2. The van der Waals surface area contributed by atoms with Gasteiger partial charge in [0, 0.05) is 41.6 Å². The molecule has 2 unspecified atom stereocenters. The maximum Gasteiger partial charge on any atom is 0.434 e. The minimum absolute atomic E-state index is 0.00810. The van der Waals surface area contributed by atoms with E-state index in [1.807, 2.05) is 39.8 Å². The van der Waals surface area contributed by atoms with E-state index >= 15 is 4.39 Å². The Balaban J connectivity index is 0.960. The van der Waals surface area contributed by atoms with Gasteiger partial charge in [0.05, 0.1) is 72.5 Å². The van der Waals surface area contributed by atoms with E-state index in [4.69, 9.17) is 23.9 Å². The molecule has 0 aliphatic carbocycles. The van der Waals surface area contributed by atoms with E-state index in [0.29, 0.717) is 109 Å². The van der Waals surface area contributed by atoms with E-state index in [2.05, 4.69) is 30.6 Å². The van der Waals surface area contributed by atoms with Crippen molar-refractivity contribution in [2.45, 2.75) is 108 Å². The molecular formula is C51H56F4N10O8S. The number of alkyl halides is 3. The Kier molecular flexibility index (Phi) is 13.4. The van der Waals surface area contributed by atoms with Gasteiger partial charge in [-0.3, -0.25) is 14.2 Å². The fourth-order valence-electron chi connectivity index (χ4n) is 10.9. The largest absolute Gasteiger partial charge is 0.462 e. The molecule has 4 amide bonds. The van der Waals surface area contributed by atoms with Crippen LogP contribution in [-0.2, 0) is 30.0 Å². The van der Waals surface area contributed by atoms with E-state index in [-0.39, 0.29) is 40.0 Å². The van der Waals surface area contributed by atoms with Gasteiger partial charge in [-0.1, -0.05) is 19.9 Å². The molecular weight excluding hydrogens is 989 g/mol. The van der Waals surface area contributed by atoms with Crippen molar-refractivity contribution in [1.82, 2.24) is 49.9 Å². The number of halogens is 4. The second-order valence-corrected chi connectivity index (χ2v) is 21.0. The normalized spacial score (nSPS) is 21.2. The minimum atomic E-state index is -4.72. The summed E-state index contributed by atoms with van der Waals surface area (Å²) in [6, 6.07) is 7.59. The van der Waals surface area contributed by atoms with Crippen LogP contribution in [0.3, 0.4) is 0 Å². The standard InChI is InChI=1S/C51H56F4N10O8S/c1-25(2)40(61-48(68)70-5)45(66)63-14-7-9-34(63)43-57-23-32(59-43)28-18-30(52)39-36-19-29-17-26(11-12-33(29)65(36)47(73-37(39)20-28)44-60-38(24-74-44)51(53,54)55)31-22-56-42(58-31)35-10-8-15-64(35)46(67)41(62-49(69)71-6)27-13-16-72-50(3,4)21-27/h11-12,17-20,22-25,27,34-35,40-41,47H,7-10,13-16,21H2,1-6H3,(H,56,58)(H,57,59)(H,61,68)(H,62,69)/t27?,34-,35-,40-,41-,47?/m0/s1. The zero-order chi connectivity index (χ0) is 52.4. The molecule has 0 spiro atoms. The molecule has 74 heavy (non-hydrogen) atoms. The maximum atomic E-state index is 16.9. The molecule has 6 aromatic rings. The number of thiazole rings is 1. The van der Waals surface area contributed by atoms with Gasteiger partial charge in [-0.25, -0.2) is 28.9 Å². The first kappa shape index (κ1) is 50.5. The summed E-state index contributed by atoms with van der Waals surface area (Å²) in [4.78, 5) is 76.3. The molecule has 4 aromatic heterocycles. The van der Waals surface area contributed by atoms with Gasteiger partial charge in [0.1, 0.15) is 35.3 Å². The van der Waals surface area contributed by atoms with Crippen LogP contribution in [0.5, 0.6) is 5.75 Å². The summed E-state index contributed by atoms with van der Waals surface area (Å²) in [7, 11) is 2.49. The van der Waals surface area contributed by atoms with Gasteiger partial charge in [-0.15, -0.1) is 11.3 Å². The van der Waals surface area contributed by atoms with Gasteiger partial charge in [0.25, 0.3) is 0 Å². The van der Waals surface area contributed by atoms with Gasteiger partial charge >= 0.3 is 18.4 Å². The Hall–Kier alpha value is -7.01. The molecule has 4 aliphatic heterocycles. The molecule has 0 bridgehead atoms. The van der Waals surface area contributed by atoms with Gasteiger partial charge < -0.3 is 49.3 Å². The fourth-order valence-corrected chi connectivity index (χ4v) is 11.8. The summed E-state index contributed by atoms with van der Waals surface area (Å²) in [6.07, 6.45) is -0.423. The van der Waals surface area contributed by atoms with Crippen LogP contribution in [0.4, 0.5) is 27.2 Å². The van der Waals surface area contributed by atoms with Crippen LogP contribution in [0, 0.1) is 17.7 Å². The topological polar surface area (TPSA) is 211 Å². The van der Waals surface area contributed by atoms with Gasteiger partial charge in [-0.05, 0) is 94.5 Å². The Morgan fingerprint density at radius 3 is 2.14 bits per heavy atom. The number of rotatable bonds is 11. The summed E-state index contributed by atoms with van der Waals surface area (Å²) in [5.41, 5.74) is 1.47. The highest BCUT2D eigenvalue weighted by Crippen LogP contribution is 2.49. The average molecular weight is 1050 g/mol. The van der Waals surface area contributed by atoms with E-state index in [0.717, 1.165) is 16.7 Å². The smallest absolute Gasteiger partial charge is 0.434 e. The zero-order valence-electron chi connectivity index (χ0n) is 41.5. The minimum Gasteiger partial charge on any atom is -0.462 e.